The maximum absolute atomic E-state index is 13.2. The lowest BCUT2D eigenvalue weighted by atomic mass is 10.0. The van der Waals surface area contributed by atoms with Crippen LogP contribution in [0.3, 0.4) is 0 Å². The number of ether oxygens (including phenoxy) is 2. The summed E-state index contributed by atoms with van der Waals surface area (Å²) in [6.45, 7) is 1.01. The summed E-state index contributed by atoms with van der Waals surface area (Å²) in [5.41, 5.74) is 0. The molecule has 1 heterocycles. The average molecular weight is 242 g/mol. The van der Waals surface area contributed by atoms with E-state index in [0.717, 1.165) is 12.1 Å². The second-order valence-corrected chi connectivity index (χ2v) is 3.88. The van der Waals surface area contributed by atoms with Gasteiger partial charge in [0.2, 0.25) is 0 Å². The third kappa shape index (κ3) is 3.00. The van der Waals surface area contributed by atoms with Crippen molar-refractivity contribution in [2.45, 2.75) is 12.8 Å². The number of rotatable bonds is 2. The van der Waals surface area contributed by atoms with E-state index in [1.54, 1.807) is 0 Å². The summed E-state index contributed by atoms with van der Waals surface area (Å²) in [4.78, 5) is 11.7. The van der Waals surface area contributed by atoms with Crippen molar-refractivity contribution in [1.29, 1.82) is 0 Å². The highest BCUT2D eigenvalue weighted by atomic mass is 19.1. The van der Waals surface area contributed by atoms with Gasteiger partial charge in [-0.25, -0.2) is 8.78 Å². The Bertz CT molecular complexity index is 414. The molecular formula is C12H12F2O3. The molecule has 0 spiro atoms. The Morgan fingerprint density at radius 3 is 2.65 bits per heavy atom. The summed E-state index contributed by atoms with van der Waals surface area (Å²) in [6, 6.07) is 2.85. The largest absolute Gasteiger partial charge is 0.423 e. The number of carbonyl (C=O) groups is 1. The zero-order valence-corrected chi connectivity index (χ0v) is 9.12. The van der Waals surface area contributed by atoms with Crippen LogP contribution in [0.25, 0.3) is 0 Å². The van der Waals surface area contributed by atoms with Gasteiger partial charge in [-0.1, -0.05) is 0 Å². The van der Waals surface area contributed by atoms with Crippen molar-refractivity contribution in [2.24, 2.45) is 5.92 Å². The highest BCUT2D eigenvalue weighted by Crippen LogP contribution is 2.22. The third-order valence-electron chi connectivity index (χ3n) is 2.66. The fourth-order valence-corrected chi connectivity index (χ4v) is 1.68. The van der Waals surface area contributed by atoms with Crippen molar-refractivity contribution in [3.63, 3.8) is 0 Å². The number of hydrogen-bond donors (Lipinski definition) is 0. The summed E-state index contributed by atoms with van der Waals surface area (Å²) in [5.74, 6) is -2.56. The molecule has 1 aromatic carbocycles. The van der Waals surface area contributed by atoms with Crippen LogP contribution in [0.5, 0.6) is 5.75 Å². The van der Waals surface area contributed by atoms with Crippen LogP contribution in [0.2, 0.25) is 0 Å². The Balaban J connectivity index is 2.02. The highest BCUT2D eigenvalue weighted by molar-refractivity contribution is 5.75. The van der Waals surface area contributed by atoms with Crippen molar-refractivity contribution in [2.75, 3.05) is 13.2 Å². The van der Waals surface area contributed by atoms with E-state index < -0.39 is 17.6 Å². The first kappa shape index (κ1) is 12.0. The van der Waals surface area contributed by atoms with Crippen LogP contribution in [-0.2, 0) is 9.53 Å². The van der Waals surface area contributed by atoms with Gasteiger partial charge in [-0.15, -0.1) is 0 Å². The summed E-state index contributed by atoms with van der Waals surface area (Å²) in [6.07, 6.45) is 1.14. The lowest BCUT2D eigenvalue weighted by molar-refractivity contribution is -0.142. The van der Waals surface area contributed by atoms with E-state index >= 15 is 0 Å². The van der Waals surface area contributed by atoms with Crippen LogP contribution in [0.1, 0.15) is 12.8 Å². The van der Waals surface area contributed by atoms with Gasteiger partial charge in [0, 0.05) is 19.3 Å². The fraction of sp³-hybridized carbons (Fsp3) is 0.417. The summed E-state index contributed by atoms with van der Waals surface area (Å²) < 4.78 is 35.9. The van der Waals surface area contributed by atoms with Crippen molar-refractivity contribution in [3.05, 3.63) is 29.8 Å². The molecule has 17 heavy (non-hydrogen) atoms. The van der Waals surface area contributed by atoms with Gasteiger partial charge >= 0.3 is 5.97 Å². The molecule has 0 radical (unpaired) electrons. The van der Waals surface area contributed by atoms with Crippen LogP contribution in [-0.4, -0.2) is 19.2 Å². The predicted octanol–water partition coefficient (Wildman–Crippen LogP) is 2.30. The zero-order valence-electron chi connectivity index (χ0n) is 9.12. The van der Waals surface area contributed by atoms with Crippen LogP contribution >= 0.6 is 0 Å². The molecule has 2 rings (SSSR count). The average Bonchev–Trinajstić information content (AvgIpc) is 2.34. The number of esters is 1. The highest BCUT2D eigenvalue weighted by Gasteiger charge is 2.24. The van der Waals surface area contributed by atoms with Gasteiger partial charge in [0.1, 0.15) is 5.82 Å². The number of carbonyl (C=O) groups excluding carboxylic acids is 1. The fourth-order valence-electron chi connectivity index (χ4n) is 1.68. The quantitative estimate of drug-likeness (QED) is 0.589. The first-order chi connectivity index (χ1) is 8.16. The van der Waals surface area contributed by atoms with E-state index in [4.69, 9.17) is 9.47 Å². The lowest BCUT2D eigenvalue weighted by Gasteiger charge is -2.20. The number of hydrogen-bond acceptors (Lipinski definition) is 3. The Hall–Kier alpha value is -1.49. The predicted molar refractivity (Wildman–Crippen MR) is 55.5 cm³/mol. The van der Waals surface area contributed by atoms with Crippen molar-refractivity contribution < 1.29 is 23.0 Å². The molecular weight excluding hydrogens is 230 g/mol. The SMILES string of the molecule is O=C(Oc1ccc(F)cc1F)C1CCOCC1. The molecule has 3 nitrogen and oxygen atoms in total. The van der Waals surface area contributed by atoms with Crippen molar-refractivity contribution in [1.82, 2.24) is 0 Å². The zero-order chi connectivity index (χ0) is 12.3. The number of benzene rings is 1. The molecule has 0 bridgehead atoms. The van der Waals surface area contributed by atoms with Gasteiger partial charge in [0.25, 0.3) is 0 Å². The molecule has 0 aromatic heterocycles. The second-order valence-electron chi connectivity index (χ2n) is 3.88. The smallest absolute Gasteiger partial charge is 0.314 e. The second kappa shape index (κ2) is 5.23. The minimum absolute atomic E-state index is 0.233. The van der Waals surface area contributed by atoms with E-state index in [-0.39, 0.29) is 11.7 Å². The normalized spacial score (nSPS) is 16.8. The van der Waals surface area contributed by atoms with Crippen LogP contribution in [0.4, 0.5) is 8.78 Å². The minimum atomic E-state index is -0.870. The first-order valence-corrected chi connectivity index (χ1v) is 5.41. The Labute approximate surface area is 97.3 Å². The maximum atomic E-state index is 13.2. The van der Waals surface area contributed by atoms with Gasteiger partial charge in [-0.3, -0.25) is 4.79 Å². The van der Waals surface area contributed by atoms with Crippen molar-refractivity contribution >= 4 is 5.97 Å². The van der Waals surface area contributed by atoms with E-state index in [1.807, 2.05) is 0 Å². The molecule has 5 heteroatoms. The molecule has 1 aromatic rings. The van der Waals surface area contributed by atoms with Gasteiger partial charge in [0.15, 0.2) is 11.6 Å². The molecule has 92 valence electrons. The van der Waals surface area contributed by atoms with Crippen LogP contribution < -0.4 is 4.74 Å². The Morgan fingerprint density at radius 1 is 1.29 bits per heavy atom. The Kier molecular flexibility index (Phi) is 3.68. The Morgan fingerprint density at radius 2 is 2.00 bits per heavy atom. The van der Waals surface area contributed by atoms with Crippen LogP contribution in [0.15, 0.2) is 18.2 Å². The molecule has 1 aliphatic rings. The molecule has 0 aliphatic carbocycles. The molecule has 0 N–H and O–H groups in total. The van der Waals surface area contributed by atoms with Gasteiger partial charge in [0.05, 0.1) is 5.92 Å². The molecule has 1 fully saturated rings. The molecule has 0 amide bonds. The maximum Gasteiger partial charge on any atom is 0.314 e. The molecule has 1 aliphatic heterocycles. The summed E-state index contributed by atoms with van der Waals surface area (Å²) in [7, 11) is 0. The summed E-state index contributed by atoms with van der Waals surface area (Å²) >= 11 is 0. The van der Waals surface area contributed by atoms with E-state index in [0.29, 0.717) is 32.1 Å². The summed E-state index contributed by atoms with van der Waals surface area (Å²) in [5, 5.41) is 0. The van der Waals surface area contributed by atoms with Crippen LogP contribution in [0, 0.1) is 17.6 Å². The van der Waals surface area contributed by atoms with Crippen molar-refractivity contribution in [3.8, 4) is 5.75 Å². The molecule has 0 saturated carbocycles. The standard InChI is InChI=1S/C12H12F2O3/c13-9-1-2-11(10(14)7-9)17-12(15)8-3-5-16-6-4-8/h1-2,7-8H,3-6H2. The molecule has 1 saturated heterocycles. The molecule has 0 atom stereocenters. The number of halogens is 2. The molecule has 0 unspecified atom stereocenters. The topological polar surface area (TPSA) is 35.5 Å². The van der Waals surface area contributed by atoms with E-state index in [1.165, 1.54) is 0 Å². The van der Waals surface area contributed by atoms with Gasteiger partial charge in [-0.2, -0.15) is 0 Å². The van der Waals surface area contributed by atoms with Gasteiger partial charge < -0.3 is 9.47 Å². The van der Waals surface area contributed by atoms with E-state index in [9.17, 15) is 13.6 Å². The monoisotopic (exact) mass is 242 g/mol. The minimum Gasteiger partial charge on any atom is -0.423 e. The van der Waals surface area contributed by atoms with Gasteiger partial charge in [-0.05, 0) is 25.0 Å². The van der Waals surface area contributed by atoms with E-state index in [2.05, 4.69) is 0 Å². The first-order valence-electron chi connectivity index (χ1n) is 5.41. The lowest BCUT2D eigenvalue weighted by Crippen LogP contribution is -2.27. The third-order valence-corrected chi connectivity index (χ3v) is 2.66.